The normalized spacial score (nSPS) is 14.5. The largest absolute Gasteiger partial charge is 0.423 e. The van der Waals surface area contributed by atoms with E-state index >= 15 is 0 Å². The Labute approximate surface area is 202 Å². The number of nitro benzene ring substituents is 1. The van der Waals surface area contributed by atoms with Crippen LogP contribution in [-0.4, -0.2) is 26.9 Å². The van der Waals surface area contributed by atoms with E-state index in [1.165, 1.54) is 36.4 Å². The third-order valence-electron chi connectivity index (χ3n) is 4.79. The second-order valence-electron chi connectivity index (χ2n) is 7.16. The van der Waals surface area contributed by atoms with E-state index in [-0.39, 0.29) is 22.9 Å². The lowest BCUT2D eigenvalue weighted by atomic mass is 10.1. The maximum absolute atomic E-state index is 12.8. The van der Waals surface area contributed by atoms with Crippen LogP contribution in [0.3, 0.4) is 0 Å². The summed E-state index contributed by atoms with van der Waals surface area (Å²) in [6, 6.07) is 18.6. The Bertz CT molecular complexity index is 1340. The first kappa shape index (κ1) is 23.2. The number of carbonyl (C=O) groups excluding carboxylic acids is 3. The van der Waals surface area contributed by atoms with Crippen LogP contribution in [0.4, 0.5) is 10.5 Å². The molecule has 34 heavy (non-hydrogen) atoms. The topological polar surface area (TPSA) is 107 Å². The SMILES string of the molecule is O=C(Oc1cccc(/C=C2\SC(=O)N(Cc3ccc([N+](=O)[O-])cc3)C2=O)c1)c1cccc(Cl)c1. The molecule has 10 heteroatoms. The minimum Gasteiger partial charge on any atom is -0.423 e. The second-order valence-corrected chi connectivity index (χ2v) is 8.59. The van der Waals surface area contributed by atoms with Crippen molar-refractivity contribution in [1.29, 1.82) is 0 Å². The molecule has 0 N–H and O–H groups in total. The highest BCUT2D eigenvalue weighted by Gasteiger charge is 2.35. The van der Waals surface area contributed by atoms with E-state index in [2.05, 4.69) is 0 Å². The number of thioether (sulfide) groups is 1. The third kappa shape index (κ3) is 5.33. The number of imide groups is 1. The zero-order valence-corrected chi connectivity index (χ0v) is 18.9. The zero-order chi connectivity index (χ0) is 24.2. The Morgan fingerprint density at radius 1 is 1.06 bits per heavy atom. The molecule has 0 radical (unpaired) electrons. The fourth-order valence-electron chi connectivity index (χ4n) is 3.14. The molecule has 0 bridgehead atoms. The monoisotopic (exact) mass is 494 g/mol. The van der Waals surface area contributed by atoms with Crippen molar-refractivity contribution in [3.05, 3.63) is 110 Å². The zero-order valence-electron chi connectivity index (χ0n) is 17.3. The molecule has 0 atom stereocenters. The fraction of sp³-hybridized carbons (Fsp3) is 0.0417. The first-order valence-electron chi connectivity index (χ1n) is 9.87. The van der Waals surface area contributed by atoms with E-state index in [1.807, 2.05) is 0 Å². The third-order valence-corrected chi connectivity index (χ3v) is 5.93. The number of ether oxygens (including phenoxy) is 1. The van der Waals surface area contributed by atoms with Gasteiger partial charge in [0.2, 0.25) is 0 Å². The average molecular weight is 495 g/mol. The van der Waals surface area contributed by atoms with Gasteiger partial charge in [-0.1, -0.05) is 41.9 Å². The van der Waals surface area contributed by atoms with Crippen LogP contribution in [0.1, 0.15) is 21.5 Å². The number of carbonyl (C=O) groups is 3. The summed E-state index contributed by atoms with van der Waals surface area (Å²) in [7, 11) is 0. The highest BCUT2D eigenvalue weighted by molar-refractivity contribution is 8.18. The van der Waals surface area contributed by atoms with Crippen molar-refractivity contribution < 1.29 is 24.0 Å². The van der Waals surface area contributed by atoms with Crippen molar-refractivity contribution in [2.45, 2.75) is 6.54 Å². The van der Waals surface area contributed by atoms with Crippen LogP contribution in [0.15, 0.2) is 77.7 Å². The summed E-state index contributed by atoms with van der Waals surface area (Å²) in [6.45, 7) is -0.00269. The summed E-state index contributed by atoms with van der Waals surface area (Å²) in [5.41, 5.74) is 1.38. The van der Waals surface area contributed by atoms with Gasteiger partial charge in [0, 0.05) is 17.2 Å². The van der Waals surface area contributed by atoms with Crippen LogP contribution < -0.4 is 4.74 Å². The molecule has 0 saturated carbocycles. The molecule has 1 saturated heterocycles. The number of nitrogens with zero attached hydrogens (tertiary/aromatic N) is 2. The predicted octanol–water partition coefficient (Wildman–Crippen LogP) is 5.70. The van der Waals surface area contributed by atoms with E-state index in [9.17, 15) is 24.5 Å². The van der Waals surface area contributed by atoms with Crippen LogP contribution in [0.25, 0.3) is 6.08 Å². The molecule has 1 fully saturated rings. The van der Waals surface area contributed by atoms with Gasteiger partial charge in [-0.2, -0.15) is 0 Å². The summed E-state index contributed by atoms with van der Waals surface area (Å²) < 4.78 is 5.39. The molecule has 8 nitrogen and oxygen atoms in total. The minimum atomic E-state index is -0.580. The summed E-state index contributed by atoms with van der Waals surface area (Å²) in [5, 5.41) is 10.8. The number of non-ortho nitro benzene ring substituents is 1. The van der Waals surface area contributed by atoms with Crippen molar-refractivity contribution in [2.24, 2.45) is 0 Å². The molecule has 3 aromatic carbocycles. The summed E-state index contributed by atoms with van der Waals surface area (Å²) in [6.07, 6.45) is 1.54. The van der Waals surface area contributed by atoms with Gasteiger partial charge in [0.05, 0.1) is 21.9 Å². The van der Waals surface area contributed by atoms with Gasteiger partial charge < -0.3 is 4.74 Å². The van der Waals surface area contributed by atoms with Crippen molar-refractivity contribution in [3.63, 3.8) is 0 Å². The average Bonchev–Trinajstić information content (AvgIpc) is 3.07. The van der Waals surface area contributed by atoms with Crippen molar-refractivity contribution >= 4 is 52.2 Å². The summed E-state index contributed by atoms with van der Waals surface area (Å²) in [5.74, 6) is -0.790. The van der Waals surface area contributed by atoms with Gasteiger partial charge in [-0.05, 0) is 59.3 Å². The van der Waals surface area contributed by atoms with E-state index in [0.717, 1.165) is 16.7 Å². The Balaban J connectivity index is 1.47. The van der Waals surface area contributed by atoms with Crippen molar-refractivity contribution in [3.8, 4) is 5.75 Å². The number of esters is 1. The molecule has 0 aromatic heterocycles. The maximum atomic E-state index is 12.8. The molecule has 170 valence electrons. The van der Waals surface area contributed by atoms with Gasteiger partial charge in [-0.3, -0.25) is 24.6 Å². The first-order chi connectivity index (χ1) is 16.3. The summed E-state index contributed by atoms with van der Waals surface area (Å²) >= 11 is 6.70. The van der Waals surface area contributed by atoms with Crippen LogP contribution in [0.5, 0.6) is 5.75 Å². The van der Waals surface area contributed by atoms with Gasteiger partial charge in [0.1, 0.15) is 5.75 Å². The van der Waals surface area contributed by atoms with Crippen LogP contribution in [0, 0.1) is 10.1 Å². The molecule has 2 amide bonds. The Morgan fingerprint density at radius 3 is 2.50 bits per heavy atom. The predicted molar refractivity (Wildman–Crippen MR) is 127 cm³/mol. The standard InChI is InChI=1S/C24H15ClN2O6S/c25-18-5-2-4-17(13-18)23(29)33-20-6-1-3-16(11-20)12-21-22(28)26(24(30)34-21)14-15-7-9-19(10-8-15)27(31)32/h1-13H,14H2/b21-12-. The quantitative estimate of drug-likeness (QED) is 0.142. The maximum Gasteiger partial charge on any atom is 0.343 e. The number of amides is 2. The minimum absolute atomic E-state index is 0.00269. The van der Waals surface area contributed by atoms with E-state index in [0.29, 0.717) is 21.7 Å². The number of benzene rings is 3. The number of rotatable bonds is 6. The van der Waals surface area contributed by atoms with E-state index in [4.69, 9.17) is 16.3 Å². The van der Waals surface area contributed by atoms with Gasteiger partial charge in [-0.25, -0.2) is 4.79 Å². The molecule has 1 aliphatic heterocycles. The molecule has 3 aromatic rings. The highest BCUT2D eigenvalue weighted by Crippen LogP contribution is 2.34. The second kappa shape index (κ2) is 9.90. The lowest BCUT2D eigenvalue weighted by Gasteiger charge is -2.12. The molecule has 4 rings (SSSR count). The molecule has 0 aliphatic carbocycles. The van der Waals surface area contributed by atoms with Crippen LogP contribution >= 0.6 is 23.4 Å². The van der Waals surface area contributed by atoms with Gasteiger partial charge in [0.15, 0.2) is 0 Å². The smallest absolute Gasteiger partial charge is 0.343 e. The molecule has 0 unspecified atom stereocenters. The molecule has 1 aliphatic rings. The fourth-order valence-corrected chi connectivity index (χ4v) is 4.17. The van der Waals surface area contributed by atoms with Gasteiger partial charge >= 0.3 is 5.97 Å². The van der Waals surface area contributed by atoms with Crippen molar-refractivity contribution in [1.82, 2.24) is 4.90 Å². The van der Waals surface area contributed by atoms with Gasteiger partial charge in [0.25, 0.3) is 16.8 Å². The van der Waals surface area contributed by atoms with Gasteiger partial charge in [-0.15, -0.1) is 0 Å². The van der Waals surface area contributed by atoms with Crippen molar-refractivity contribution in [2.75, 3.05) is 0 Å². The number of halogens is 1. The Hall–Kier alpha value is -3.95. The lowest BCUT2D eigenvalue weighted by molar-refractivity contribution is -0.384. The number of hydrogen-bond acceptors (Lipinski definition) is 7. The number of nitro groups is 1. The summed E-state index contributed by atoms with van der Waals surface area (Å²) in [4.78, 5) is 49.1. The van der Waals surface area contributed by atoms with E-state index in [1.54, 1.807) is 42.5 Å². The Kier molecular flexibility index (Phi) is 6.76. The highest BCUT2D eigenvalue weighted by atomic mass is 35.5. The first-order valence-corrected chi connectivity index (χ1v) is 11.1. The molecular formula is C24H15ClN2O6S. The molecule has 1 heterocycles. The number of hydrogen-bond donors (Lipinski definition) is 0. The molecular weight excluding hydrogens is 480 g/mol. The Morgan fingerprint density at radius 2 is 1.79 bits per heavy atom. The van der Waals surface area contributed by atoms with Crippen LogP contribution in [-0.2, 0) is 11.3 Å². The van der Waals surface area contributed by atoms with Crippen LogP contribution in [0.2, 0.25) is 5.02 Å². The molecule has 0 spiro atoms. The lowest BCUT2D eigenvalue weighted by Crippen LogP contribution is -2.27. The van der Waals surface area contributed by atoms with E-state index < -0.39 is 22.0 Å².